The van der Waals surface area contributed by atoms with Gasteiger partial charge in [0.2, 0.25) is 0 Å². The van der Waals surface area contributed by atoms with Crippen molar-refractivity contribution in [3.8, 4) is 5.75 Å². The molecule has 1 aliphatic heterocycles. The van der Waals surface area contributed by atoms with Gasteiger partial charge >= 0.3 is 0 Å². The van der Waals surface area contributed by atoms with E-state index < -0.39 is 0 Å². The molecule has 4 heteroatoms. The maximum atomic E-state index is 5.77. The van der Waals surface area contributed by atoms with Gasteiger partial charge in [0.15, 0.2) is 0 Å². The standard InChI is InChI=1S/C14H21ClN2O/c1-4-14(2,3)17-8-7-11(17)10-18-12-5-6-13(15)16-9-12/h5-6,9,11H,4,7-8,10H2,1-3H3/t11-/m1/s1. The lowest BCUT2D eigenvalue weighted by molar-refractivity contribution is -0.0312. The number of pyridine rings is 1. The predicted octanol–water partition coefficient (Wildman–Crippen LogP) is 3.38. The van der Waals surface area contributed by atoms with Crippen LogP contribution in [0.25, 0.3) is 0 Å². The normalized spacial score (nSPS) is 20.6. The maximum Gasteiger partial charge on any atom is 0.137 e. The van der Waals surface area contributed by atoms with Crippen LogP contribution in [0.1, 0.15) is 33.6 Å². The third-order valence-electron chi connectivity index (χ3n) is 3.93. The minimum atomic E-state index is 0.268. The summed E-state index contributed by atoms with van der Waals surface area (Å²) in [5.74, 6) is 0.792. The minimum Gasteiger partial charge on any atom is -0.490 e. The van der Waals surface area contributed by atoms with E-state index >= 15 is 0 Å². The first kappa shape index (κ1) is 13.6. The summed E-state index contributed by atoms with van der Waals surface area (Å²) >= 11 is 5.74. The summed E-state index contributed by atoms with van der Waals surface area (Å²) in [6, 6.07) is 4.14. The second-order valence-electron chi connectivity index (χ2n) is 5.43. The Morgan fingerprint density at radius 3 is 2.78 bits per heavy atom. The first-order valence-electron chi connectivity index (χ1n) is 6.54. The fourth-order valence-electron chi connectivity index (χ4n) is 2.25. The molecule has 2 rings (SSSR count). The average molecular weight is 269 g/mol. The zero-order valence-electron chi connectivity index (χ0n) is 11.3. The summed E-state index contributed by atoms with van der Waals surface area (Å²) in [6.07, 6.45) is 4.05. The van der Waals surface area contributed by atoms with Gasteiger partial charge in [-0.1, -0.05) is 18.5 Å². The van der Waals surface area contributed by atoms with Crippen LogP contribution in [0, 0.1) is 0 Å². The third kappa shape index (κ3) is 2.96. The molecule has 0 N–H and O–H groups in total. The molecular weight excluding hydrogens is 248 g/mol. The van der Waals surface area contributed by atoms with E-state index in [9.17, 15) is 0 Å². The Balaban J connectivity index is 1.86. The molecule has 1 fully saturated rings. The largest absolute Gasteiger partial charge is 0.490 e. The predicted molar refractivity (Wildman–Crippen MR) is 74.2 cm³/mol. The number of hydrogen-bond acceptors (Lipinski definition) is 3. The van der Waals surface area contributed by atoms with Gasteiger partial charge in [-0.15, -0.1) is 0 Å². The van der Waals surface area contributed by atoms with Gasteiger partial charge in [-0.05, 0) is 38.8 Å². The van der Waals surface area contributed by atoms with Crippen LogP contribution in [0.2, 0.25) is 5.15 Å². The Morgan fingerprint density at radius 1 is 1.50 bits per heavy atom. The molecule has 0 unspecified atom stereocenters. The number of rotatable bonds is 5. The lowest BCUT2D eigenvalue weighted by Crippen LogP contribution is -2.60. The molecule has 1 atom stereocenters. The molecule has 3 nitrogen and oxygen atoms in total. The van der Waals surface area contributed by atoms with Crippen molar-refractivity contribution in [2.24, 2.45) is 0 Å². The van der Waals surface area contributed by atoms with Crippen LogP contribution in [0.4, 0.5) is 0 Å². The first-order valence-corrected chi connectivity index (χ1v) is 6.92. The van der Waals surface area contributed by atoms with Crippen LogP contribution in [0.5, 0.6) is 5.75 Å². The summed E-state index contributed by atoms with van der Waals surface area (Å²) in [5.41, 5.74) is 0.268. The van der Waals surface area contributed by atoms with Gasteiger partial charge in [0, 0.05) is 18.1 Å². The van der Waals surface area contributed by atoms with Crippen LogP contribution >= 0.6 is 11.6 Å². The van der Waals surface area contributed by atoms with Crippen LogP contribution in [0.3, 0.4) is 0 Å². The lowest BCUT2D eigenvalue weighted by atomic mass is 9.90. The molecule has 100 valence electrons. The van der Waals surface area contributed by atoms with E-state index in [1.165, 1.54) is 13.0 Å². The van der Waals surface area contributed by atoms with Crippen molar-refractivity contribution in [1.29, 1.82) is 0 Å². The van der Waals surface area contributed by atoms with Crippen LogP contribution in [-0.2, 0) is 0 Å². The highest BCUT2D eigenvalue weighted by atomic mass is 35.5. The van der Waals surface area contributed by atoms with E-state index in [4.69, 9.17) is 16.3 Å². The Hall–Kier alpha value is -0.800. The highest BCUT2D eigenvalue weighted by Gasteiger charge is 2.37. The van der Waals surface area contributed by atoms with E-state index in [1.807, 2.05) is 6.07 Å². The molecule has 0 spiro atoms. The fraction of sp³-hybridized carbons (Fsp3) is 0.643. The van der Waals surface area contributed by atoms with Gasteiger partial charge < -0.3 is 4.74 Å². The van der Waals surface area contributed by atoms with Gasteiger partial charge in [0.1, 0.15) is 17.5 Å². The average Bonchev–Trinajstić information content (AvgIpc) is 2.30. The quantitative estimate of drug-likeness (QED) is 0.766. The Kier molecular flexibility index (Phi) is 4.13. The van der Waals surface area contributed by atoms with Crippen molar-refractivity contribution in [3.63, 3.8) is 0 Å². The number of halogens is 1. The summed E-state index contributed by atoms with van der Waals surface area (Å²) in [7, 11) is 0. The molecule has 1 aliphatic rings. The fourth-order valence-corrected chi connectivity index (χ4v) is 2.37. The van der Waals surface area contributed by atoms with E-state index in [0.29, 0.717) is 11.2 Å². The molecule has 0 bridgehead atoms. The van der Waals surface area contributed by atoms with Crippen molar-refractivity contribution < 1.29 is 4.74 Å². The zero-order valence-corrected chi connectivity index (χ0v) is 12.1. The number of nitrogens with zero attached hydrogens (tertiary/aromatic N) is 2. The lowest BCUT2D eigenvalue weighted by Gasteiger charge is -2.50. The topological polar surface area (TPSA) is 25.4 Å². The van der Waals surface area contributed by atoms with Crippen molar-refractivity contribution >= 4 is 11.6 Å². The van der Waals surface area contributed by atoms with Crippen molar-refractivity contribution in [2.45, 2.75) is 45.2 Å². The van der Waals surface area contributed by atoms with Crippen molar-refractivity contribution in [1.82, 2.24) is 9.88 Å². The highest BCUT2D eigenvalue weighted by Crippen LogP contribution is 2.30. The van der Waals surface area contributed by atoms with Gasteiger partial charge in [0.05, 0.1) is 6.20 Å². The molecule has 18 heavy (non-hydrogen) atoms. The second kappa shape index (κ2) is 5.45. The molecule has 1 saturated heterocycles. The molecule has 0 aliphatic carbocycles. The smallest absolute Gasteiger partial charge is 0.137 e. The van der Waals surface area contributed by atoms with Crippen LogP contribution in [0.15, 0.2) is 18.3 Å². The Labute approximate surface area is 114 Å². The van der Waals surface area contributed by atoms with Gasteiger partial charge in [-0.25, -0.2) is 4.98 Å². The molecular formula is C14H21ClN2O. The molecule has 1 aromatic heterocycles. The minimum absolute atomic E-state index is 0.268. The van der Waals surface area contributed by atoms with E-state index in [2.05, 4.69) is 30.7 Å². The Bertz CT molecular complexity index is 391. The first-order chi connectivity index (χ1) is 8.53. The SMILES string of the molecule is CCC(C)(C)N1CC[C@@H]1COc1ccc(Cl)nc1. The number of likely N-dealkylation sites (tertiary alicyclic amines) is 1. The van der Waals surface area contributed by atoms with E-state index in [1.54, 1.807) is 12.3 Å². The Morgan fingerprint density at radius 2 is 2.28 bits per heavy atom. The monoisotopic (exact) mass is 268 g/mol. The molecule has 2 heterocycles. The summed E-state index contributed by atoms with van der Waals surface area (Å²) in [6.45, 7) is 8.73. The number of aromatic nitrogens is 1. The van der Waals surface area contributed by atoms with Crippen LogP contribution < -0.4 is 4.74 Å². The zero-order chi connectivity index (χ0) is 13.2. The van der Waals surface area contributed by atoms with E-state index in [0.717, 1.165) is 18.8 Å². The van der Waals surface area contributed by atoms with Gasteiger partial charge in [-0.3, -0.25) is 4.90 Å². The third-order valence-corrected chi connectivity index (χ3v) is 4.15. The molecule has 0 radical (unpaired) electrons. The van der Waals surface area contributed by atoms with Crippen molar-refractivity contribution in [3.05, 3.63) is 23.5 Å². The maximum absolute atomic E-state index is 5.77. The molecule has 1 aromatic rings. The number of ether oxygens (including phenoxy) is 1. The second-order valence-corrected chi connectivity index (χ2v) is 5.82. The number of hydrogen-bond donors (Lipinski definition) is 0. The summed E-state index contributed by atoms with van der Waals surface area (Å²) < 4.78 is 5.77. The molecule has 0 aromatic carbocycles. The van der Waals surface area contributed by atoms with Crippen LogP contribution in [-0.4, -0.2) is 34.6 Å². The van der Waals surface area contributed by atoms with Gasteiger partial charge in [0.25, 0.3) is 0 Å². The highest BCUT2D eigenvalue weighted by molar-refractivity contribution is 6.29. The van der Waals surface area contributed by atoms with Crippen molar-refractivity contribution in [2.75, 3.05) is 13.2 Å². The van der Waals surface area contributed by atoms with Gasteiger partial charge in [-0.2, -0.15) is 0 Å². The summed E-state index contributed by atoms with van der Waals surface area (Å²) in [4.78, 5) is 6.54. The molecule has 0 amide bonds. The molecule has 0 saturated carbocycles. The van der Waals surface area contributed by atoms with E-state index in [-0.39, 0.29) is 5.54 Å². The summed E-state index contributed by atoms with van der Waals surface area (Å²) in [5, 5.41) is 0.500.